The Morgan fingerprint density at radius 3 is 2.73 bits per heavy atom. The fourth-order valence-corrected chi connectivity index (χ4v) is 6.18. The smallest absolute Gasteiger partial charge is 0.324 e. The molecule has 1 aliphatic rings. The predicted octanol–water partition coefficient (Wildman–Crippen LogP) is 7.49. The van der Waals surface area contributed by atoms with Crippen molar-refractivity contribution in [3.05, 3.63) is 108 Å². The van der Waals surface area contributed by atoms with Crippen molar-refractivity contribution < 1.29 is 9.18 Å². The van der Waals surface area contributed by atoms with E-state index in [0.29, 0.717) is 30.3 Å². The van der Waals surface area contributed by atoms with Gasteiger partial charge in [-0.3, -0.25) is 9.72 Å². The van der Waals surface area contributed by atoms with Gasteiger partial charge in [0, 0.05) is 49.0 Å². The molecule has 1 unspecified atom stereocenters. The van der Waals surface area contributed by atoms with Crippen LogP contribution in [-0.2, 0) is 6.42 Å². The SMILES string of the molecule is O=C(Nc1cccc(-c2nc3ccccn3c2-c2ccnc(Nc3cccc(CCN4CCC(F)C4)c3)n2)c1)Nc1cccs1. The summed E-state index contributed by atoms with van der Waals surface area (Å²) in [5, 5.41) is 11.8. The number of amides is 2. The maximum atomic E-state index is 13.6. The first-order chi connectivity index (χ1) is 22.1. The summed E-state index contributed by atoms with van der Waals surface area (Å²) in [6.07, 6.45) is 4.45. The molecule has 226 valence electrons. The Hall–Kier alpha value is -5.13. The standard InChI is InChI=1S/C34H31FN8OS/c35-25-14-18-42(22-25)17-13-23-6-3-8-26(20-23)37-33-36-15-12-28(39-33)32-31(40-29-10-1-2-16-43(29)32)24-7-4-9-27(21-24)38-34(44)41-30-11-5-19-45-30/h1-12,15-16,19-21,25H,13-14,17-18,22H2,(H,36,37,39)(H2,38,41,44). The first kappa shape index (κ1) is 28.6. The van der Waals surface area contributed by atoms with E-state index in [1.807, 2.05) is 88.8 Å². The van der Waals surface area contributed by atoms with E-state index < -0.39 is 6.17 Å². The number of hydrogen-bond acceptors (Lipinski definition) is 7. The monoisotopic (exact) mass is 618 g/mol. The number of carbonyl (C=O) groups is 1. The normalized spacial score (nSPS) is 14.9. The van der Waals surface area contributed by atoms with E-state index in [-0.39, 0.29) is 6.03 Å². The van der Waals surface area contributed by atoms with E-state index in [1.165, 1.54) is 16.9 Å². The Morgan fingerprint density at radius 2 is 1.87 bits per heavy atom. The van der Waals surface area contributed by atoms with E-state index in [4.69, 9.17) is 9.97 Å². The molecule has 5 heterocycles. The molecule has 9 nitrogen and oxygen atoms in total. The van der Waals surface area contributed by atoms with Gasteiger partial charge in [0.2, 0.25) is 5.95 Å². The van der Waals surface area contributed by atoms with Gasteiger partial charge in [0.15, 0.2) is 0 Å². The van der Waals surface area contributed by atoms with Crippen LogP contribution in [0.2, 0.25) is 0 Å². The molecule has 1 atom stereocenters. The van der Waals surface area contributed by atoms with Crippen molar-refractivity contribution in [3.63, 3.8) is 0 Å². The summed E-state index contributed by atoms with van der Waals surface area (Å²) in [6, 6.07) is 26.9. The van der Waals surface area contributed by atoms with E-state index >= 15 is 0 Å². The molecular formula is C34H31FN8OS. The number of rotatable bonds is 9. The molecule has 0 saturated carbocycles. The minimum atomic E-state index is -0.709. The van der Waals surface area contributed by atoms with Crippen LogP contribution in [0.1, 0.15) is 12.0 Å². The van der Waals surface area contributed by atoms with Crippen LogP contribution in [0.5, 0.6) is 0 Å². The Kier molecular flexibility index (Phi) is 8.17. The number of carbonyl (C=O) groups excluding carboxylic acids is 1. The number of halogens is 1. The quantitative estimate of drug-likeness (QED) is 0.155. The molecule has 0 spiro atoms. The molecule has 6 aromatic rings. The third-order valence-electron chi connectivity index (χ3n) is 7.69. The highest BCUT2D eigenvalue weighted by molar-refractivity contribution is 7.14. The van der Waals surface area contributed by atoms with Gasteiger partial charge in [-0.2, -0.15) is 0 Å². The lowest BCUT2D eigenvalue weighted by Crippen LogP contribution is -2.23. The topological polar surface area (TPSA) is 99.5 Å². The summed E-state index contributed by atoms with van der Waals surface area (Å²) in [5.74, 6) is 0.460. The van der Waals surface area contributed by atoms with Crippen LogP contribution in [0.15, 0.2) is 103 Å². The third kappa shape index (κ3) is 6.69. The number of alkyl halides is 1. The summed E-state index contributed by atoms with van der Waals surface area (Å²) >= 11 is 1.46. The van der Waals surface area contributed by atoms with Gasteiger partial charge in [-0.15, -0.1) is 11.3 Å². The molecule has 11 heteroatoms. The van der Waals surface area contributed by atoms with Gasteiger partial charge in [0.1, 0.15) is 11.8 Å². The number of fused-ring (bicyclic) bond motifs is 1. The fourth-order valence-electron chi connectivity index (χ4n) is 5.57. The highest BCUT2D eigenvalue weighted by Crippen LogP contribution is 2.33. The average molecular weight is 619 g/mol. The minimum Gasteiger partial charge on any atom is -0.324 e. The van der Waals surface area contributed by atoms with E-state index in [9.17, 15) is 9.18 Å². The number of urea groups is 1. The summed E-state index contributed by atoms with van der Waals surface area (Å²) in [6.45, 7) is 2.18. The maximum absolute atomic E-state index is 13.6. The Morgan fingerprint density at radius 1 is 0.956 bits per heavy atom. The molecule has 7 rings (SSSR count). The number of aromatic nitrogens is 4. The zero-order chi connectivity index (χ0) is 30.6. The van der Waals surface area contributed by atoms with E-state index in [0.717, 1.165) is 52.8 Å². The van der Waals surface area contributed by atoms with Crippen molar-refractivity contribution in [1.29, 1.82) is 0 Å². The lowest BCUT2D eigenvalue weighted by molar-refractivity contribution is 0.262. The van der Waals surface area contributed by atoms with Crippen molar-refractivity contribution in [2.75, 3.05) is 35.6 Å². The Balaban J connectivity index is 1.14. The number of pyridine rings is 1. The maximum Gasteiger partial charge on any atom is 0.324 e. The number of hydrogen-bond donors (Lipinski definition) is 3. The summed E-state index contributed by atoms with van der Waals surface area (Å²) in [5.41, 5.74) is 6.53. The van der Waals surface area contributed by atoms with Gasteiger partial charge >= 0.3 is 6.03 Å². The summed E-state index contributed by atoms with van der Waals surface area (Å²) in [4.78, 5) is 29.1. The van der Waals surface area contributed by atoms with Crippen LogP contribution >= 0.6 is 11.3 Å². The number of nitrogens with one attached hydrogen (secondary N) is 3. The molecule has 1 fully saturated rings. The first-order valence-electron chi connectivity index (χ1n) is 14.8. The van der Waals surface area contributed by atoms with Crippen molar-refractivity contribution in [1.82, 2.24) is 24.3 Å². The minimum absolute atomic E-state index is 0.315. The number of nitrogens with zero attached hydrogens (tertiary/aromatic N) is 5. The van der Waals surface area contributed by atoms with Crippen molar-refractivity contribution in [2.24, 2.45) is 0 Å². The third-order valence-corrected chi connectivity index (χ3v) is 8.48. The summed E-state index contributed by atoms with van der Waals surface area (Å²) in [7, 11) is 0. The molecule has 1 aliphatic heterocycles. The second kappa shape index (κ2) is 12.8. The summed E-state index contributed by atoms with van der Waals surface area (Å²) < 4.78 is 15.6. The number of anilines is 4. The van der Waals surface area contributed by atoms with Crippen LogP contribution < -0.4 is 16.0 Å². The molecule has 2 aromatic carbocycles. The molecule has 0 aliphatic carbocycles. The second-order valence-electron chi connectivity index (χ2n) is 10.9. The van der Waals surface area contributed by atoms with Crippen molar-refractivity contribution in [2.45, 2.75) is 19.0 Å². The zero-order valence-electron chi connectivity index (χ0n) is 24.4. The number of thiophene rings is 1. The fraction of sp³-hybridized carbons (Fsp3) is 0.176. The average Bonchev–Trinajstić information content (AvgIpc) is 3.81. The zero-order valence-corrected chi connectivity index (χ0v) is 25.2. The van der Waals surface area contributed by atoms with E-state index in [2.05, 4.69) is 38.0 Å². The van der Waals surface area contributed by atoms with Gasteiger partial charge in [-0.1, -0.05) is 30.3 Å². The Bertz CT molecular complexity index is 1940. The first-order valence-corrected chi connectivity index (χ1v) is 15.7. The molecule has 1 saturated heterocycles. The molecule has 0 radical (unpaired) electrons. The van der Waals surface area contributed by atoms with Crippen molar-refractivity contribution in [3.8, 4) is 22.6 Å². The molecule has 45 heavy (non-hydrogen) atoms. The lowest BCUT2D eigenvalue weighted by Gasteiger charge is -2.15. The van der Waals surface area contributed by atoms with Gasteiger partial charge in [0.05, 0.1) is 22.1 Å². The highest BCUT2D eigenvalue weighted by Gasteiger charge is 2.21. The van der Waals surface area contributed by atoms with Crippen LogP contribution in [0.4, 0.5) is 31.5 Å². The van der Waals surface area contributed by atoms with Crippen LogP contribution in [0.3, 0.4) is 0 Å². The number of likely N-dealkylation sites (tertiary alicyclic amines) is 1. The van der Waals surface area contributed by atoms with Crippen LogP contribution in [0, 0.1) is 0 Å². The lowest BCUT2D eigenvalue weighted by atomic mass is 10.1. The van der Waals surface area contributed by atoms with Crippen LogP contribution in [0.25, 0.3) is 28.3 Å². The molecule has 2 amide bonds. The number of imidazole rings is 1. The van der Waals surface area contributed by atoms with Gasteiger partial charge in [-0.25, -0.2) is 24.1 Å². The van der Waals surface area contributed by atoms with Gasteiger partial charge < -0.3 is 15.5 Å². The van der Waals surface area contributed by atoms with Gasteiger partial charge in [0.25, 0.3) is 0 Å². The number of benzene rings is 2. The molecule has 3 N–H and O–H groups in total. The Labute approximate surface area is 263 Å². The van der Waals surface area contributed by atoms with Crippen LogP contribution in [-0.4, -0.2) is 56.1 Å². The van der Waals surface area contributed by atoms with E-state index in [1.54, 1.807) is 6.20 Å². The second-order valence-corrected chi connectivity index (χ2v) is 11.9. The molecular weight excluding hydrogens is 587 g/mol. The molecule has 0 bridgehead atoms. The highest BCUT2D eigenvalue weighted by atomic mass is 32.1. The van der Waals surface area contributed by atoms with Crippen molar-refractivity contribution >= 4 is 45.3 Å². The van der Waals surface area contributed by atoms with Gasteiger partial charge in [-0.05, 0) is 78.4 Å². The predicted molar refractivity (Wildman–Crippen MR) is 178 cm³/mol. The largest absolute Gasteiger partial charge is 0.324 e. The molecule has 4 aromatic heterocycles.